The van der Waals surface area contributed by atoms with E-state index in [4.69, 9.17) is 9.47 Å². The molecular weight excluding hydrogens is 575 g/mol. The molecule has 0 amide bonds. The number of benzene rings is 2. The minimum atomic E-state index is -4.75. The van der Waals surface area contributed by atoms with Crippen LogP contribution in [0.3, 0.4) is 0 Å². The molecule has 2 aromatic carbocycles. The lowest BCUT2D eigenvalue weighted by Gasteiger charge is -2.43. The Morgan fingerprint density at radius 1 is 1.07 bits per heavy atom. The summed E-state index contributed by atoms with van der Waals surface area (Å²) in [6.07, 6.45) is -1.40. The molecular formula is C27H24F3N7O4S. The van der Waals surface area contributed by atoms with Crippen LogP contribution in [-0.4, -0.2) is 68.0 Å². The number of hydrogen-bond acceptors (Lipinski definition) is 11. The molecule has 0 saturated carbocycles. The Kier molecular flexibility index (Phi) is 7.26. The van der Waals surface area contributed by atoms with E-state index in [2.05, 4.69) is 41.3 Å². The third kappa shape index (κ3) is 5.91. The van der Waals surface area contributed by atoms with Crippen LogP contribution in [0.2, 0.25) is 0 Å². The van der Waals surface area contributed by atoms with Crippen molar-refractivity contribution >= 4 is 28.0 Å². The number of rotatable bonds is 7. The van der Waals surface area contributed by atoms with Crippen molar-refractivity contribution in [3.63, 3.8) is 0 Å². The number of piperidine rings is 1. The number of nitrogens with zero attached hydrogens (tertiary/aromatic N) is 7. The number of alkyl halides is 3. The summed E-state index contributed by atoms with van der Waals surface area (Å²) in [5.74, 6) is 0.250. The number of anilines is 1. The highest BCUT2D eigenvalue weighted by molar-refractivity contribution is 7.18. The highest BCUT2D eigenvalue weighted by atomic mass is 32.1. The number of carbonyl (C=O) groups is 1. The van der Waals surface area contributed by atoms with E-state index in [9.17, 15) is 18.0 Å². The van der Waals surface area contributed by atoms with Crippen LogP contribution in [-0.2, 0) is 16.1 Å². The molecule has 0 atom stereocenters. The quantitative estimate of drug-likeness (QED) is 0.281. The fraction of sp³-hybridized carbons (Fsp3) is 0.333. The number of esters is 1. The summed E-state index contributed by atoms with van der Waals surface area (Å²) < 4.78 is 53.4. The van der Waals surface area contributed by atoms with Gasteiger partial charge in [0.1, 0.15) is 17.1 Å². The third-order valence-electron chi connectivity index (χ3n) is 6.81. The summed E-state index contributed by atoms with van der Waals surface area (Å²) in [4.78, 5) is 14.9. The number of carbonyl (C=O) groups excluding carboxylic acids is 1. The maximum absolute atomic E-state index is 12.7. The highest BCUT2D eigenvalue weighted by Gasteiger charge is 2.40. The first-order valence-electron chi connectivity index (χ1n) is 13.1. The fourth-order valence-corrected chi connectivity index (χ4v) is 5.74. The molecule has 0 radical (unpaired) electrons. The van der Waals surface area contributed by atoms with Crippen LogP contribution in [0.15, 0.2) is 54.6 Å². The van der Waals surface area contributed by atoms with Crippen LogP contribution >= 0.6 is 11.3 Å². The van der Waals surface area contributed by atoms with Crippen molar-refractivity contribution < 1.29 is 32.2 Å². The van der Waals surface area contributed by atoms with Crippen molar-refractivity contribution in [1.29, 1.82) is 0 Å². The lowest BCUT2D eigenvalue weighted by atomic mass is 9.83. The lowest BCUT2D eigenvalue weighted by molar-refractivity contribution is -0.274. The number of ether oxygens (including phenoxy) is 3. The van der Waals surface area contributed by atoms with Crippen molar-refractivity contribution in [2.45, 2.75) is 38.3 Å². The van der Waals surface area contributed by atoms with E-state index >= 15 is 0 Å². The second-order valence-electron chi connectivity index (χ2n) is 9.62. The first-order valence-corrected chi connectivity index (χ1v) is 13.9. The molecule has 42 heavy (non-hydrogen) atoms. The smallest absolute Gasteiger partial charge is 0.482 e. The van der Waals surface area contributed by atoms with Gasteiger partial charge in [-0.1, -0.05) is 41.7 Å². The minimum Gasteiger partial charge on any atom is -0.482 e. The molecule has 1 spiro atoms. The van der Waals surface area contributed by atoms with Crippen LogP contribution in [0.4, 0.5) is 18.3 Å². The lowest BCUT2D eigenvalue weighted by Crippen LogP contribution is -2.48. The summed E-state index contributed by atoms with van der Waals surface area (Å²) >= 11 is 1.32. The van der Waals surface area contributed by atoms with Crippen LogP contribution in [0.5, 0.6) is 11.5 Å². The molecule has 2 aromatic heterocycles. The molecule has 0 aliphatic carbocycles. The van der Waals surface area contributed by atoms with Crippen LogP contribution in [0.25, 0.3) is 16.4 Å². The van der Waals surface area contributed by atoms with Gasteiger partial charge in [0.15, 0.2) is 11.6 Å². The number of aromatic nitrogens is 6. The van der Waals surface area contributed by atoms with Crippen molar-refractivity contribution in [3.8, 4) is 22.3 Å². The number of para-hydroxylation sites is 1. The van der Waals surface area contributed by atoms with Gasteiger partial charge in [-0.05, 0) is 47.5 Å². The first-order chi connectivity index (χ1) is 20.2. The Morgan fingerprint density at radius 3 is 2.57 bits per heavy atom. The second-order valence-corrected chi connectivity index (χ2v) is 10.6. The second kappa shape index (κ2) is 11.0. The Labute approximate surface area is 241 Å². The van der Waals surface area contributed by atoms with Gasteiger partial charge in [0, 0.05) is 31.5 Å². The molecule has 0 N–H and O–H groups in total. The summed E-state index contributed by atoms with van der Waals surface area (Å²) in [7, 11) is 0. The van der Waals surface area contributed by atoms with Gasteiger partial charge in [-0.2, -0.15) is 4.80 Å². The Bertz CT molecular complexity index is 1610. The summed E-state index contributed by atoms with van der Waals surface area (Å²) in [6.45, 7) is 3.09. The first kappa shape index (κ1) is 27.6. The van der Waals surface area contributed by atoms with E-state index in [-0.39, 0.29) is 24.7 Å². The average Bonchev–Trinajstić information content (AvgIpc) is 3.63. The predicted octanol–water partition coefficient (Wildman–Crippen LogP) is 4.52. The van der Waals surface area contributed by atoms with Crippen molar-refractivity contribution in [2.24, 2.45) is 0 Å². The van der Waals surface area contributed by atoms with Crippen LogP contribution in [0, 0.1) is 0 Å². The molecule has 0 unspecified atom stereocenters. The zero-order valence-electron chi connectivity index (χ0n) is 22.2. The third-order valence-corrected chi connectivity index (χ3v) is 7.79. The average molecular weight is 600 g/mol. The topological polar surface area (TPSA) is 117 Å². The normalized spacial score (nSPS) is 16.0. The molecule has 4 aromatic rings. The van der Waals surface area contributed by atoms with Gasteiger partial charge in [-0.25, -0.2) is 4.79 Å². The zero-order chi connectivity index (χ0) is 29.3. The minimum absolute atomic E-state index is 0.148. The molecule has 218 valence electrons. The molecule has 2 aliphatic heterocycles. The van der Waals surface area contributed by atoms with Gasteiger partial charge in [0.2, 0.25) is 11.0 Å². The molecule has 11 nitrogen and oxygen atoms in total. The molecule has 6 rings (SSSR count). The number of fused-ring (bicyclic) bond motifs is 1. The summed E-state index contributed by atoms with van der Waals surface area (Å²) in [5.41, 5.74) is 1.91. The Balaban J connectivity index is 1.18. The van der Waals surface area contributed by atoms with Gasteiger partial charge >= 0.3 is 12.3 Å². The van der Waals surface area contributed by atoms with Gasteiger partial charge in [-0.3, -0.25) is 0 Å². The highest BCUT2D eigenvalue weighted by Crippen LogP contribution is 2.44. The molecule has 15 heteroatoms. The fourth-order valence-electron chi connectivity index (χ4n) is 4.92. The zero-order valence-corrected chi connectivity index (χ0v) is 23.1. The standard InChI is InChI=1S/C27H24F3N7O4S/c1-2-39-22(38)16-37-34-23(31-35-37)24-32-33-25(42-24)36-13-11-26(12-14-36)15-20(19-5-3-4-6-21(19)41-26)17-7-9-18(10-8-17)40-27(28,29)30/h3-10,15H,2,11-14,16H2,1H3. The number of halogens is 3. The monoisotopic (exact) mass is 599 g/mol. The van der Waals surface area contributed by atoms with E-state index in [0.29, 0.717) is 41.8 Å². The van der Waals surface area contributed by atoms with E-state index < -0.39 is 17.9 Å². The van der Waals surface area contributed by atoms with Gasteiger partial charge in [0.05, 0.1) is 6.61 Å². The predicted molar refractivity (Wildman–Crippen MR) is 145 cm³/mol. The molecule has 4 heterocycles. The number of hydrogen-bond donors (Lipinski definition) is 0. The van der Waals surface area contributed by atoms with E-state index in [1.54, 1.807) is 19.1 Å². The maximum atomic E-state index is 12.7. The van der Waals surface area contributed by atoms with Crippen LogP contribution in [0.1, 0.15) is 30.9 Å². The van der Waals surface area contributed by atoms with Gasteiger partial charge in [-0.15, -0.1) is 33.6 Å². The van der Waals surface area contributed by atoms with Crippen molar-refractivity contribution in [1.82, 2.24) is 30.4 Å². The maximum Gasteiger partial charge on any atom is 0.573 e. The molecule has 1 fully saturated rings. The summed E-state index contributed by atoms with van der Waals surface area (Å²) in [6, 6.07) is 13.5. The van der Waals surface area contributed by atoms with E-state index in [0.717, 1.165) is 21.5 Å². The van der Waals surface area contributed by atoms with Crippen molar-refractivity contribution in [2.75, 3.05) is 24.6 Å². The Morgan fingerprint density at radius 2 is 1.83 bits per heavy atom. The van der Waals surface area contributed by atoms with Crippen LogP contribution < -0.4 is 14.4 Å². The number of tetrazole rings is 1. The Hall–Kier alpha value is -4.53. The van der Waals surface area contributed by atoms with E-state index in [1.807, 2.05) is 24.3 Å². The van der Waals surface area contributed by atoms with E-state index in [1.165, 1.54) is 23.5 Å². The van der Waals surface area contributed by atoms with Gasteiger partial charge < -0.3 is 19.1 Å². The van der Waals surface area contributed by atoms with Gasteiger partial charge in [0.25, 0.3) is 0 Å². The van der Waals surface area contributed by atoms with Crippen molar-refractivity contribution in [3.05, 3.63) is 65.7 Å². The summed E-state index contributed by atoms with van der Waals surface area (Å²) in [5, 5.41) is 21.8. The SMILES string of the molecule is CCOC(=O)Cn1nnc(-c2nnc(N3CCC4(C=C(c5ccc(OC(F)(F)F)cc5)c5ccccc5O4)CC3)s2)n1. The molecule has 2 aliphatic rings. The molecule has 1 saturated heterocycles. The largest absolute Gasteiger partial charge is 0.573 e. The molecule has 0 bridgehead atoms.